The third-order valence-electron chi connectivity index (χ3n) is 3.26. The van der Waals surface area contributed by atoms with Crippen molar-refractivity contribution in [2.75, 3.05) is 10.6 Å². The van der Waals surface area contributed by atoms with Gasteiger partial charge in [0.15, 0.2) is 5.13 Å². The van der Waals surface area contributed by atoms with Crippen molar-refractivity contribution in [2.45, 2.75) is 0 Å². The van der Waals surface area contributed by atoms with E-state index in [1.807, 2.05) is 24.3 Å². The van der Waals surface area contributed by atoms with Crippen LogP contribution in [0.2, 0.25) is 0 Å². The molecule has 0 atom stereocenters. The van der Waals surface area contributed by atoms with Gasteiger partial charge in [-0.1, -0.05) is 23.5 Å². The van der Waals surface area contributed by atoms with E-state index in [1.54, 1.807) is 6.20 Å². The molecule has 8 heteroatoms. The zero-order valence-electron chi connectivity index (χ0n) is 11.6. The summed E-state index contributed by atoms with van der Waals surface area (Å²) in [5, 5.41) is 6.34. The molecule has 3 N–H and O–H groups in total. The van der Waals surface area contributed by atoms with Gasteiger partial charge in [-0.2, -0.15) is 0 Å². The number of aromatic amines is 1. The molecule has 0 aliphatic carbocycles. The van der Waals surface area contributed by atoms with Crippen LogP contribution >= 0.6 is 11.3 Å². The van der Waals surface area contributed by atoms with Crippen molar-refractivity contribution < 1.29 is 9.18 Å². The Balaban J connectivity index is 1.56. The second kappa shape index (κ2) is 5.33. The van der Waals surface area contributed by atoms with E-state index in [0.717, 1.165) is 16.4 Å². The molecule has 0 aliphatic heterocycles. The van der Waals surface area contributed by atoms with E-state index in [9.17, 15) is 9.18 Å². The van der Waals surface area contributed by atoms with Crippen molar-refractivity contribution in [3.05, 3.63) is 48.5 Å². The summed E-state index contributed by atoms with van der Waals surface area (Å²) < 4.78 is 14.3. The maximum atomic E-state index is 13.3. The number of hydrogen-bond donors (Lipinski definition) is 3. The highest BCUT2D eigenvalue weighted by molar-refractivity contribution is 7.22. The summed E-state index contributed by atoms with van der Waals surface area (Å²) in [4.78, 5) is 23.2. The number of carbonyl (C=O) groups is 1. The van der Waals surface area contributed by atoms with E-state index in [1.165, 1.54) is 17.4 Å². The van der Waals surface area contributed by atoms with E-state index in [2.05, 4.69) is 25.6 Å². The van der Waals surface area contributed by atoms with Crippen molar-refractivity contribution in [1.29, 1.82) is 0 Å². The number of anilines is 2. The van der Waals surface area contributed by atoms with Crippen molar-refractivity contribution in [3.8, 4) is 0 Å². The Kier molecular flexibility index (Phi) is 3.16. The van der Waals surface area contributed by atoms with Gasteiger partial charge in [-0.3, -0.25) is 5.32 Å². The molecular formula is C15H10FN5OS. The van der Waals surface area contributed by atoms with Gasteiger partial charge in [-0.15, -0.1) is 0 Å². The summed E-state index contributed by atoms with van der Waals surface area (Å²) in [7, 11) is 0. The minimum absolute atomic E-state index is 0.450. The summed E-state index contributed by atoms with van der Waals surface area (Å²) in [6.07, 6.45) is 2.68. The monoisotopic (exact) mass is 327 g/mol. The van der Waals surface area contributed by atoms with E-state index < -0.39 is 11.8 Å². The van der Waals surface area contributed by atoms with Gasteiger partial charge in [-0.25, -0.2) is 19.2 Å². The Labute approximate surface area is 133 Å². The average Bonchev–Trinajstić information content (AvgIpc) is 3.10. The third kappa shape index (κ3) is 2.59. The van der Waals surface area contributed by atoms with Crippen LogP contribution in [0.1, 0.15) is 0 Å². The molecule has 0 spiro atoms. The predicted molar refractivity (Wildman–Crippen MR) is 88.3 cm³/mol. The second-order valence-corrected chi connectivity index (χ2v) is 5.85. The first-order chi connectivity index (χ1) is 11.2. The lowest BCUT2D eigenvalue weighted by Crippen LogP contribution is -2.19. The Hall–Kier alpha value is -3.00. The van der Waals surface area contributed by atoms with Crippen LogP contribution in [0, 0.1) is 5.82 Å². The van der Waals surface area contributed by atoms with Crippen LogP contribution in [-0.2, 0) is 0 Å². The Bertz CT molecular complexity index is 992. The molecule has 0 radical (unpaired) electrons. The van der Waals surface area contributed by atoms with Crippen LogP contribution in [0.25, 0.3) is 21.3 Å². The molecule has 0 bridgehead atoms. The maximum Gasteiger partial charge on any atom is 0.325 e. The summed E-state index contributed by atoms with van der Waals surface area (Å²) in [5.74, 6) is -0.466. The number of pyridine rings is 1. The second-order valence-electron chi connectivity index (χ2n) is 4.82. The van der Waals surface area contributed by atoms with E-state index in [4.69, 9.17) is 0 Å². The van der Waals surface area contributed by atoms with Gasteiger partial charge in [0, 0.05) is 11.6 Å². The van der Waals surface area contributed by atoms with Crippen molar-refractivity contribution in [3.63, 3.8) is 0 Å². The highest BCUT2D eigenvalue weighted by Crippen LogP contribution is 2.26. The number of aromatic nitrogens is 3. The molecule has 3 aromatic heterocycles. The van der Waals surface area contributed by atoms with E-state index in [-0.39, 0.29) is 0 Å². The van der Waals surface area contributed by atoms with Crippen LogP contribution < -0.4 is 10.6 Å². The van der Waals surface area contributed by atoms with Gasteiger partial charge in [0.2, 0.25) is 0 Å². The van der Waals surface area contributed by atoms with E-state index in [0.29, 0.717) is 21.9 Å². The highest BCUT2D eigenvalue weighted by Gasteiger charge is 2.11. The number of carbonyl (C=O) groups excluding carboxylic acids is 1. The zero-order valence-corrected chi connectivity index (χ0v) is 12.4. The smallest absolute Gasteiger partial charge is 0.325 e. The number of rotatable bonds is 2. The van der Waals surface area contributed by atoms with Gasteiger partial charge in [0.1, 0.15) is 11.5 Å². The molecule has 0 saturated carbocycles. The largest absolute Gasteiger partial charge is 0.344 e. The van der Waals surface area contributed by atoms with Gasteiger partial charge < -0.3 is 10.3 Å². The van der Waals surface area contributed by atoms with E-state index >= 15 is 0 Å². The molecule has 0 aliphatic rings. The topological polar surface area (TPSA) is 82.7 Å². The van der Waals surface area contributed by atoms with Crippen LogP contribution in [-0.4, -0.2) is 21.0 Å². The summed E-state index contributed by atoms with van der Waals surface area (Å²) in [6.45, 7) is 0. The summed E-state index contributed by atoms with van der Waals surface area (Å²) in [6, 6.07) is 8.48. The molecule has 4 aromatic rings. The van der Waals surface area contributed by atoms with Gasteiger partial charge in [0.05, 0.1) is 22.1 Å². The van der Waals surface area contributed by atoms with Gasteiger partial charge in [-0.05, 0) is 18.2 Å². The Morgan fingerprint density at radius 2 is 2.13 bits per heavy atom. The Morgan fingerprint density at radius 3 is 3.00 bits per heavy atom. The lowest BCUT2D eigenvalue weighted by Gasteiger charge is -2.03. The number of halogens is 1. The van der Waals surface area contributed by atoms with Crippen molar-refractivity contribution in [2.24, 2.45) is 0 Å². The number of thiazole rings is 1. The first-order valence-corrected chi connectivity index (χ1v) is 7.57. The molecule has 6 nitrogen and oxygen atoms in total. The molecule has 0 unspecified atom stereocenters. The fourth-order valence-electron chi connectivity index (χ4n) is 2.26. The first kappa shape index (κ1) is 13.6. The molecule has 114 valence electrons. The molecule has 4 rings (SSSR count). The quantitative estimate of drug-likeness (QED) is 0.521. The number of nitrogens with one attached hydrogen (secondary N) is 3. The predicted octanol–water partition coefficient (Wildman–Crippen LogP) is 3.96. The maximum absolute atomic E-state index is 13.3. The number of hydrogen-bond acceptors (Lipinski definition) is 4. The highest BCUT2D eigenvalue weighted by atomic mass is 32.1. The number of amides is 2. The lowest BCUT2D eigenvalue weighted by atomic mass is 10.3. The summed E-state index contributed by atoms with van der Waals surface area (Å²) >= 11 is 1.38. The minimum Gasteiger partial charge on any atom is -0.344 e. The standard InChI is InChI=1S/C15H10FN5OS/c16-8-5-9-11(7-18-13(9)17-6-8)19-14(22)21-15-20-10-3-1-2-4-12(10)23-15/h1-7H,(H,17,18)(H2,19,20,21,22). The third-order valence-corrected chi connectivity index (χ3v) is 4.21. The fourth-order valence-corrected chi connectivity index (χ4v) is 3.12. The molecule has 0 saturated heterocycles. The molecule has 2 amide bonds. The number of fused-ring (bicyclic) bond motifs is 2. The number of para-hydroxylation sites is 1. The minimum atomic E-state index is -0.466. The van der Waals surface area contributed by atoms with Gasteiger partial charge >= 0.3 is 6.03 Å². The first-order valence-electron chi connectivity index (χ1n) is 6.75. The number of urea groups is 1. The SMILES string of the molecule is O=C(Nc1nc2ccccc2s1)Nc1c[nH]c2ncc(F)cc12. The number of benzene rings is 1. The zero-order chi connectivity index (χ0) is 15.8. The molecule has 3 heterocycles. The van der Waals surface area contributed by atoms with Crippen LogP contribution in [0.3, 0.4) is 0 Å². The average molecular weight is 327 g/mol. The van der Waals surface area contributed by atoms with Crippen molar-refractivity contribution >= 4 is 49.4 Å². The Morgan fingerprint density at radius 1 is 1.26 bits per heavy atom. The van der Waals surface area contributed by atoms with Gasteiger partial charge in [0.25, 0.3) is 0 Å². The molecular weight excluding hydrogens is 317 g/mol. The lowest BCUT2D eigenvalue weighted by molar-refractivity contribution is 0.262. The molecule has 23 heavy (non-hydrogen) atoms. The fraction of sp³-hybridized carbons (Fsp3) is 0. The summed E-state index contributed by atoms with van der Waals surface area (Å²) in [5.41, 5.74) is 1.78. The molecule has 1 aromatic carbocycles. The van der Waals surface area contributed by atoms with Crippen LogP contribution in [0.5, 0.6) is 0 Å². The normalized spacial score (nSPS) is 11.0. The van der Waals surface area contributed by atoms with Crippen LogP contribution in [0.15, 0.2) is 42.7 Å². The van der Waals surface area contributed by atoms with Crippen LogP contribution in [0.4, 0.5) is 20.0 Å². The van der Waals surface area contributed by atoms with Crippen molar-refractivity contribution in [1.82, 2.24) is 15.0 Å². The number of H-pyrrole nitrogens is 1. The number of nitrogens with zero attached hydrogens (tertiary/aromatic N) is 2. The molecule has 0 fully saturated rings.